The molecule has 0 amide bonds. The topological polar surface area (TPSA) is 95.7 Å². The second-order valence-corrected chi connectivity index (χ2v) is 6.57. The Kier molecular flexibility index (Phi) is 4.62. The minimum absolute atomic E-state index is 0. The lowest BCUT2D eigenvalue weighted by Crippen LogP contribution is -2.44. The molecule has 1 aliphatic carbocycles. The third-order valence-electron chi connectivity index (χ3n) is 4.75. The molecule has 1 saturated carbocycles. The van der Waals surface area contributed by atoms with E-state index < -0.39 is 5.54 Å². The second kappa shape index (κ2) is 6.57. The monoisotopic (exact) mass is 360 g/mol. The fraction of sp³-hybridized carbons (Fsp3) is 0.412. The van der Waals surface area contributed by atoms with E-state index in [0.717, 1.165) is 36.3 Å². The molecule has 1 aliphatic rings. The molecule has 1 fully saturated rings. The molecule has 8 heteroatoms. The molecule has 0 unspecified atom stereocenters. The highest BCUT2D eigenvalue weighted by molar-refractivity contribution is 5.85. The van der Waals surface area contributed by atoms with Crippen molar-refractivity contribution in [2.24, 2.45) is 5.73 Å². The Hall–Kier alpha value is -2.25. The summed E-state index contributed by atoms with van der Waals surface area (Å²) in [5, 5.41) is 12.6. The zero-order chi connectivity index (χ0) is 16.7. The summed E-state index contributed by atoms with van der Waals surface area (Å²) in [6, 6.07) is 8.17. The van der Waals surface area contributed by atoms with E-state index in [1.807, 2.05) is 23.7 Å². The number of halogens is 1. The first-order valence-corrected chi connectivity index (χ1v) is 8.15. The van der Waals surface area contributed by atoms with Crippen LogP contribution in [-0.4, -0.2) is 25.1 Å². The maximum absolute atomic E-state index is 6.24. The van der Waals surface area contributed by atoms with Gasteiger partial charge < -0.3 is 10.3 Å². The average molecular weight is 361 g/mol. The molecule has 2 N–H and O–H groups in total. The van der Waals surface area contributed by atoms with Crippen LogP contribution in [0.4, 0.5) is 0 Å². The summed E-state index contributed by atoms with van der Waals surface area (Å²) in [4.78, 5) is 4.45. The standard InChI is InChI=1S/C17H20N6O.ClH/c1-11-4-6-13(7-5-11)23-12(2)14(20-22-23)10-15-19-16(21-24-15)17(18)8-3-9-17;/h4-7H,3,8-10,18H2,1-2H3;1H. The lowest BCUT2D eigenvalue weighted by molar-refractivity contribution is 0.229. The van der Waals surface area contributed by atoms with Crippen LogP contribution >= 0.6 is 12.4 Å². The van der Waals surface area contributed by atoms with Crippen molar-refractivity contribution in [3.63, 3.8) is 0 Å². The van der Waals surface area contributed by atoms with Crippen LogP contribution in [0, 0.1) is 13.8 Å². The van der Waals surface area contributed by atoms with Crippen molar-refractivity contribution < 1.29 is 4.52 Å². The number of aromatic nitrogens is 5. The molecular weight excluding hydrogens is 340 g/mol. The van der Waals surface area contributed by atoms with Crippen molar-refractivity contribution >= 4 is 12.4 Å². The zero-order valence-corrected chi connectivity index (χ0v) is 15.1. The first-order chi connectivity index (χ1) is 11.5. The van der Waals surface area contributed by atoms with Gasteiger partial charge in [-0.05, 0) is 45.2 Å². The van der Waals surface area contributed by atoms with Crippen LogP contribution in [0.3, 0.4) is 0 Å². The summed E-state index contributed by atoms with van der Waals surface area (Å²) in [5.41, 5.74) is 9.81. The molecule has 4 rings (SSSR count). The smallest absolute Gasteiger partial charge is 0.232 e. The van der Waals surface area contributed by atoms with Gasteiger partial charge in [-0.2, -0.15) is 4.98 Å². The van der Waals surface area contributed by atoms with Crippen LogP contribution < -0.4 is 5.73 Å². The van der Waals surface area contributed by atoms with Gasteiger partial charge in [-0.3, -0.25) is 0 Å². The van der Waals surface area contributed by atoms with Gasteiger partial charge in [0.1, 0.15) is 0 Å². The number of hydrogen-bond donors (Lipinski definition) is 1. The zero-order valence-electron chi connectivity index (χ0n) is 14.3. The van der Waals surface area contributed by atoms with Crippen molar-refractivity contribution in [1.29, 1.82) is 0 Å². The Balaban J connectivity index is 0.00000182. The number of rotatable bonds is 4. The van der Waals surface area contributed by atoms with Gasteiger partial charge in [0.2, 0.25) is 5.89 Å². The van der Waals surface area contributed by atoms with Gasteiger partial charge in [-0.15, -0.1) is 17.5 Å². The Labute approximate surface area is 152 Å². The molecule has 0 aliphatic heterocycles. The highest BCUT2D eigenvalue weighted by Crippen LogP contribution is 2.36. The van der Waals surface area contributed by atoms with Crippen LogP contribution in [0.15, 0.2) is 28.8 Å². The molecule has 25 heavy (non-hydrogen) atoms. The third-order valence-corrected chi connectivity index (χ3v) is 4.75. The van der Waals surface area contributed by atoms with Gasteiger partial charge in [0.15, 0.2) is 5.82 Å². The van der Waals surface area contributed by atoms with Gasteiger partial charge in [0.05, 0.1) is 29.0 Å². The molecule has 0 spiro atoms. The minimum Gasteiger partial charge on any atom is -0.339 e. The molecule has 7 nitrogen and oxygen atoms in total. The van der Waals surface area contributed by atoms with Crippen LogP contribution in [-0.2, 0) is 12.0 Å². The quantitative estimate of drug-likeness (QED) is 0.768. The van der Waals surface area contributed by atoms with E-state index in [1.165, 1.54) is 5.56 Å². The summed E-state index contributed by atoms with van der Waals surface area (Å²) in [5.74, 6) is 1.13. The Bertz CT molecular complexity index is 866. The number of benzene rings is 1. The summed E-state index contributed by atoms with van der Waals surface area (Å²) >= 11 is 0. The van der Waals surface area contributed by atoms with E-state index in [0.29, 0.717) is 18.1 Å². The van der Waals surface area contributed by atoms with E-state index in [1.54, 1.807) is 0 Å². The summed E-state index contributed by atoms with van der Waals surface area (Å²) in [6.07, 6.45) is 3.40. The van der Waals surface area contributed by atoms with Crippen molar-refractivity contribution in [2.75, 3.05) is 0 Å². The predicted molar refractivity (Wildman–Crippen MR) is 94.9 cm³/mol. The van der Waals surface area contributed by atoms with Gasteiger partial charge in [0.25, 0.3) is 0 Å². The molecular formula is C17H21ClN6O. The van der Waals surface area contributed by atoms with Crippen molar-refractivity contribution in [2.45, 2.75) is 45.1 Å². The molecule has 1 aromatic carbocycles. The third kappa shape index (κ3) is 3.17. The van der Waals surface area contributed by atoms with Crippen molar-refractivity contribution in [3.8, 4) is 5.69 Å². The van der Waals surface area contributed by atoms with E-state index in [9.17, 15) is 0 Å². The summed E-state index contributed by atoms with van der Waals surface area (Å²) in [6.45, 7) is 4.05. The molecule has 3 aromatic rings. The molecule has 0 radical (unpaired) electrons. The highest BCUT2D eigenvalue weighted by atomic mass is 35.5. The molecule has 2 aromatic heterocycles. The van der Waals surface area contributed by atoms with Crippen LogP contribution in [0.1, 0.15) is 47.9 Å². The van der Waals surface area contributed by atoms with Gasteiger partial charge in [0, 0.05) is 0 Å². The molecule has 0 bridgehead atoms. The maximum Gasteiger partial charge on any atom is 0.232 e. The first kappa shape index (κ1) is 17.6. The highest BCUT2D eigenvalue weighted by Gasteiger charge is 2.39. The van der Waals surface area contributed by atoms with Crippen LogP contribution in [0.2, 0.25) is 0 Å². The number of aryl methyl sites for hydroxylation is 1. The average Bonchev–Trinajstić information content (AvgIpc) is 3.15. The first-order valence-electron chi connectivity index (χ1n) is 8.15. The van der Waals surface area contributed by atoms with Crippen LogP contribution in [0.25, 0.3) is 5.69 Å². The Morgan fingerprint density at radius 2 is 1.92 bits per heavy atom. The van der Waals surface area contributed by atoms with E-state index in [2.05, 4.69) is 39.5 Å². The molecule has 2 heterocycles. The second-order valence-electron chi connectivity index (χ2n) is 6.57. The maximum atomic E-state index is 6.24. The fourth-order valence-electron chi connectivity index (χ4n) is 2.91. The van der Waals surface area contributed by atoms with Gasteiger partial charge in [-0.1, -0.05) is 28.1 Å². The lowest BCUT2D eigenvalue weighted by Gasteiger charge is -2.34. The Morgan fingerprint density at radius 1 is 1.20 bits per heavy atom. The number of hydrogen-bond acceptors (Lipinski definition) is 6. The summed E-state index contributed by atoms with van der Waals surface area (Å²) in [7, 11) is 0. The molecule has 0 saturated heterocycles. The van der Waals surface area contributed by atoms with E-state index in [4.69, 9.17) is 10.3 Å². The Morgan fingerprint density at radius 3 is 2.56 bits per heavy atom. The lowest BCUT2D eigenvalue weighted by atomic mass is 9.77. The van der Waals surface area contributed by atoms with Crippen LogP contribution in [0.5, 0.6) is 0 Å². The SMILES string of the molecule is Cc1ccc(-n2nnc(Cc3nc(C4(N)CCC4)no3)c2C)cc1.Cl. The van der Waals surface area contributed by atoms with Crippen molar-refractivity contribution in [1.82, 2.24) is 25.1 Å². The normalized spacial score (nSPS) is 15.5. The van der Waals surface area contributed by atoms with E-state index >= 15 is 0 Å². The van der Waals surface area contributed by atoms with Gasteiger partial charge >= 0.3 is 0 Å². The number of nitrogens with two attached hydrogens (primary N) is 1. The van der Waals surface area contributed by atoms with Crippen molar-refractivity contribution in [3.05, 3.63) is 52.9 Å². The van der Waals surface area contributed by atoms with Gasteiger partial charge in [-0.25, -0.2) is 4.68 Å². The minimum atomic E-state index is -0.406. The number of nitrogens with zero attached hydrogens (tertiary/aromatic N) is 5. The molecule has 132 valence electrons. The predicted octanol–water partition coefficient (Wildman–Crippen LogP) is 2.62. The summed E-state index contributed by atoms with van der Waals surface area (Å²) < 4.78 is 7.18. The largest absolute Gasteiger partial charge is 0.339 e. The van der Waals surface area contributed by atoms with E-state index in [-0.39, 0.29) is 12.4 Å². The fourth-order valence-corrected chi connectivity index (χ4v) is 2.91. The molecule has 0 atom stereocenters.